The molecule has 0 aliphatic rings. The molecule has 1 atom stereocenters. The van der Waals surface area contributed by atoms with Crippen molar-refractivity contribution in [2.45, 2.75) is 17.1 Å². The highest BCUT2D eigenvalue weighted by molar-refractivity contribution is 7.99. The summed E-state index contributed by atoms with van der Waals surface area (Å²) in [5.41, 5.74) is 2.76. The molecule has 0 saturated carbocycles. The average Bonchev–Trinajstić information content (AvgIpc) is 3.15. The van der Waals surface area contributed by atoms with E-state index in [0.717, 1.165) is 15.3 Å². The Hall–Kier alpha value is -2.35. The summed E-state index contributed by atoms with van der Waals surface area (Å²) in [4.78, 5) is 14.1. The molecule has 1 heterocycles. The van der Waals surface area contributed by atoms with E-state index in [1.165, 1.54) is 28.7 Å². The molecule has 1 unspecified atom stereocenters. The van der Waals surface area contributed by atoms with E-state index in [1.807, 2.05) is 60.8 Å². The van der Waals surface area contributed by atoms with Gasteiger partial charge in [0.1, 0.15) is 5.25 Å². The minimum absolute atomic E-state index is 0.0243. The first-order valence-corrected chi connectivity index (χ1v) is 9.24. The number of benzene rings is 2. The second kappa shape index (κ2) is 7.48. The van der Waals surface area contributed by atoms with Crippen LogP contribution < -0.4 is 0 Å². The summed E-state index contributed by atoms with van der Waals surface area (Å²) in [6, 6.07) is 21.5. The number of carbonyl (C=O) groups excluding carboxylic acids is 1. The van der Waals surface area contributed by atoms with E-state index < -0.39 is 0 Å². The second-order valence-corrected chi connectivity index (χ2v) is 7.49. The van der Waals surface area contributed by atoms with Crippen molar-refractivity contribution in [1.29, 1.82) is 5.26 Å². The summed E-state index contributed by atoms with van der Waals surface area (Å²) in [7, 11) is 0. The lowest BCUT2D eigenvalue weighted by Crippen LogP contribution is -1.99. The Morgan fingerprint density at radius 2 is 1.79 bits per heavy atom. The van der Waals surface area contributed by atoms with Crippen molar-refractivity contribution in [3.05, 3.63) is 87.6 Å². The van der Waals surface area contributed by atoms with Gasteiger partial charge in [0.15, 0.2) is 0 Å². The van der Waals surface area contributed by atoms with E-state index in [9.17, 15) is 10.1 Å². The molecular weight excluding hydrogens is 334 g/mol. The molecule has 2 aromatic carbocycles. The van der Waals surface area contributed by atoms with Crippen molar-refractivity contribution in [1.82, 2.24) is 0 Å². The van der Waals surface area contributed by atoms with Gasteiger partial charge in [0, 0.05) is 10.5 Å². The lowest BCUT2D eigenvalue weighted by Gasteiger charge is -2.10. The van der Waals surface area contributed by atoms with E-state index in [2.05, 4.69) is 6.07 Å². The number of thiophene rings is 1. The third-order valence-electron chi connectivity index (χ3n) is 3.61. The van der Waals surface area contributed by atoms with Crippen LogP contribution in [0.3, 0.4) is 0 Å². The van der Waals surface area contributed by atoms with E-state index >= 15 is 0 Å². The Labute approximate surface area is 149 Å². The highest BCUT2D eigenvalue weighted by atomic mass is 32.2. The lowest BCUT2D eigenvalue weighted by atomic mass is 10.1. The van der Waals surface area contributed by atoms with Gasteiger partial charge in [-0.15, -0.1) is 23.1 Å². The molecule has 3 aromatic rings. The van der Waals surface area contributed by atoms with Crippen molar-refractivity contribution in [2.75, 3.05) is 0 Å². The van der Waals surface area contributed by atoms with E-state index in [0.29, 0.717) is 5.56 Å². The van der Waals surface area contributed by atoms with Crippen LogP contribution >= 0.6 is 23.1 Å². The maximum Gasteiger partial charge on any atom is 0.202 e. The molecule has 3 rings (SSSR count). The minimum atomic E-state index is -0.293. The third kappa shape index (κ3) is 3.76. The Balaban J connectivity index is 1.77. The predicted molar refractivity (Wildman–Crippen MR) is 99.6 cm³/mol. The van der Waals surface area contributed by atoms with Crippen molar-refractivity contribution < 1.29 is 4.79 Å². The lowest BCUT2D eigenvalue weighted by molar-refractivity contribution is 0.104. The number of aryl methyl sites for hydroxylation is 1. The standard InChI is InChI=1S/C20H15NOS2/c1-14-4-10-17(11-5-14)24-19(13-21)15-6-8-16(9-7-15)20(22)18-3-2-12-23-18/h2-12,19H,1H3. The van der Waals surface area contributed by atoms with Crippen molar-refractivity contribution >= 4 is 28.9 Å². The minimum Gasteiger partial charge on any atom is -0.288 e. The predicted octanol–water partition coefficient (Wildman–Crippen LogP) is 5.64. The fraction of sp³-hybridized carbons (Fsp3) is 0.100. The van der Waals surface area contributed by atoms with Crippen LogP contribution in [0.15, 0.2) is 70.9 Å². The average molecular weight is 349 g/mol. The molecule has 0 N–H and O–H groups in total. The van der Waals surface area contributed by atoms with Crippen LogP contribution in [0.1, 0.15) is 31.6 Å². The zero-order chi connectivity index (χ0) is 16.9. The maximum atomic E-state index is 12.3. The number of hydrogen-bond acceptors (Lipinski definition) is 4. The summed E-state index contributed by atoms with van der Waals surface area (Å²) in [5.74, 6) is 0.0243. The molecule has 0 saturated heterocycles. The molecule has 4 heteroatoms. The van der Waals surface area contributed by atoms with Crippen LogP contribution in [0, 0.1) is 18.3 Å². The molecular formula is C20H15NOS2. The number of thioether (sulfide) groups is 1. The van der Waals surface area contributed by atoms with Crippen molar-refractivity contribution in [2.24, 2.45) is 0 Å². The quantitative estimate of drug-likeness (QED) is 0.442. The summed E-state index contributed by atoms with van der Waals surface area (Å²) >= 11 is 2.96. The molecule has 118 valence electrons. The van der Waals surface area contributed by atoms with Crippen LogP contribution in [0.2, 0.25) is 0 Å². The van der Waals surface area contributed by atoms with Gasteiger partial charge >= 0.3 is 0 Å². The van der Waals surface area contributed by atoms with Crippen LogP contribution in [0.5, 0.6) is 0 Å². The van der Waals surface area contributed by atoms with E-state index in [-0.39, 0.29) is 11.0 Å². The molecule has 2 nitrogen and oxygen atoms in total. The molecule has 0 aliphatic carbocycles. The van der Waals surface area contributed by atoms with Gasteiger partial charge in [-0.3, -0.25) is 4.79 Å². The van der Waals surface area contributed by atoms with Gasteiger partial charge in [-0.1, -0.05) is 48.0 Å². The number of ketones is 1. The Morgan fingerprint density at radius 3 is 2.38 bits per heavy atom. The zero-order valence-corrected chi connectivity index (χ0v) is 14.7. The van der Waals surface area contributed by atoms with Gasteiger partial charge in [0.2, 0.25) is 5.78 Å². The molecule has 1 aromatic heterocycles. The molecule has 0 aliphatic heterocycles. The Morgan fingerprint density at radius 1 is 1.08 bits per heavy atom. The molecule has 0 bridgehead atoms. The fourth-order valence-electron chi connectivity index (χ4n) is 2.28. The molecule has 0 fully saturated rings. The number of carbonyl (C=O) groups is 1. The van der Waals surface area contributed by atoms with Crippen molar-refractivity contribution in [3.8, 4) is 6.07 Å². The van der Waals surface area contributed by atoms with Gasteiger partial charge in [-0.25, -0.2) is 0 Å². The monoisotopic (exact) mass is 349 g/mol. The Bertz CT molecular complexity index is 860. The topological polar surface area (TPSA) is 40.9 Å². The summed E-state index contributed by atoms with van der Waals surface area (Å²) in [6.07, 6.45) is 0. The summed E-state index contributed by atoms with van der Waals surface area (Å²) in [6.45, 7) is 2.04. The van der Waals surface area contributed by atoms with E-state index in [4.69, 9.17) is 0 Å². The van der Waals surface area contributed by atoms with Crippen LogP contribution in [0.4, 0.5) is 0 Å². The van der Waals surface area contributed by atoms with Gasteiger partial charge in [0.25, 0.3) is 0 Å². The molecule has 24 heavy (non-hydrogen) atoms. The molecule has 0 radical (unpaired) electrons. The maximum absolute atomic E-state index is 12.3. The van der Waals surface area contributed by atoms with E-state index in [1.54, 1.807) is 12.1 Å². The highest BCUT2D eigenvalue weighted by Crippen LogP contribution is 2.35. The largest absolute Gasteiger partial charge is 0.288 e. The van der Waals surface area contributed by atoms with Crippen molar-refractivity contribution in [3.63, 3.8) is 0 Å². The summed E-state index contributed by atoms with van der Waals surface area (Å²) in [5, 5.41) is 11.1. The first-order valence-electron chi connectivity index (χ1n) is 7.48. The first-order chi connectivity index (χ1) is 11.7. The summed E-state index contributed by atoms with van der Waals surface area (Å²) < 4.78 is 0. The second-order valence-electron chi connectivity index (χ2n) is 5.37. The highest BCUT2D eigenvalue weighted by Gasteiger charge is 2.14. The fourth-order valence-corrected chi connectivity index (χ4v) is 3.88. The van der Waals surface area contributed by atoms with Gasteiger partial charge < -0.3 is 0 Å². The van der Waals surface area contributed by atoms with Gasteiger partial charge in [0.05, 0.1) is 10.9 Å². The van der Waals surface area contributed by atoms with Gasteiger partial charge in [-0.2, -0.15) is 5.26 Å². The van der Waals surface area contributed by atoms with Crippen LogP contribution in [-0.2, 0) is 0 Å². The number of nitrogens with zero attached hydrogens (tertiary/aromatic N) is 1. The number of hydrogen-bond donors (Lipinski definition) is 0. The SMILES string of the molecule is Cc1ccc(SC(C#N)c2ccc(C(=O)c3cccs3)cc2)cc1. The molecule has 0 amide bonds. The first kappa shape index (κ1) is 16.5. The zero-order valence-electron chi connectivity index (χ0n) is 13.1. The van der Waals surface area contributed by atoms with Crippen LogP contribution in [0.25, 0.3) is 0 Å². The number of nitriles is 1. The normalized spacial score (nSPS) is 11.7. The smallest absolute Gasteiger partial charge is 0.202 e. The number of rotatable bonds is 5. The molecule has 0 spiro atoms. The van der Waals surface area contributed by atoms with Crippen LogP contribution in [-0.4, -0.2) is 5.78 Å². The third-order valence-corrected chi connectivity index (χ3v) is 5.64. The van der Waals surface area contributed by atoms with Gasteiger partial charge in [-0.05, 0) is 36.1 Å². The Kier molecular flexibility index (Phi) is 5.14.